The van der Waals surface area contributed by atoms with Gasteiger partial charge in [0.15, 0.2) is 5.65 Å². The largest absolute Gasteiger partial charge is 0.341 e. The molecule has 0 unspecified atom stereocenters. The van der Waals surface area contributed by atoms with Crippen LogP contribution >= 0.6 is 0 Å². The zero-order valence-corrected chi connectivity index (χ0v) is 7.37. The van der Waals surface area contributed by atoms with E-state index in [0.29, 0.717) is 12.1 Å². The number of hydrogen-bond donors (Lipinski definition) is 1. The minimum absolute atomic E-state index is 0.140. The highest BCUT2D eigenvalue weighted by Crippen LogP contribution is 2.10. The molecule has 0 aliphatic carbocycles. The number of aromatic nitrogens is 3. The first-order valence-electron chi connectivity index (χ1n) is 4.19. The van der Waals surface area contributed by atoms with Crippen LogP contribution in [0.25, 0.3) is 11.2 Å². The molecule has 0 aliphatic heterocycles. The minimum atomic E-state index is -0.140. The number of imidazole rings is 1. The van der Waals surface area contributed by atoms with E-state index in [-0.39, 0.29) is 6.61 Å². The van der Waals surface area contributed by atoms with Crippen LogP contribution in [0.4, 0.5) is 0 Å². The van der Waals surface area contributed by atoms with Crippen molar-refractivity contribution >= 4 is 11.2 Å². The van der Waals surface area contributed by atoms with E-state index in [1.807, 2.05) is 13.0 Å². The lowest BCUT2D eigenvalue weighted by molar-refractivity contribution is 0.195. The average Bonchev–Trinajstić information content (AvgIpc) is 2.46. The number of fused-ring (bicyclic) bond motifs is 1. The number of hydrogen-bond acceptors (Lipinski definition) is 2. The highest BCUT2D eigenvalue weighted by Gasteiger charge is 2.02. The first kappa shape index (κ1) is 8.19. The molecule has 2 aromatic heterocycles. The van der Waals surface area contributed by atoms with Crippen molar-refractivity contribution in [2.24, 2.45) is 0 Å². The molecule has 67 valence electrons. The summed E-state index contributed by atoms with van der Waals surface area (Å²) in [6, 6.07) is 1.98. The van der Waals surface area contributed by atoms with Crippen LogP contribution in [0.5, 0.6) is 0 Å². The van der Waals surface area contributed by atoms with Crippen molar-refractivity contribution in [2.45, 2.75) is 13.3 Å². The van der Waals surface area contributed by atoms with E-state index in [2.05, 4.69) is 15.0 Å². The molecule has 0 saturated carbocycles. The summed E-state index contributed by atoms with van der Waals surface area (Å²) in [5, 5.41) is 10.4. The summed E-state index contributed by atoms with van der Waals surface area (Å²) in [5.74, 6) is 0.725. The maximum atomic E-state index is 10.4. The van der Waals surface area contributed by atoms with E-state index in [1.165, 1.54) is 0 Å². The molecule has 4 heteroatoms. The lowest BCUT2D eigenvalue weighted by Gasteiger charge is -1.88. The second kappa shape index (κ2) is 3.14. The summed E-state index contributed by atoms with van der Waals surface area (Å²) in [5.41, 5.74) is 2.68. The molecule has 1 radical (unpaired) electrons. The van der Waals surface area contributed by atoms with Crippen LogP contribution in [0.1, 0.15) is 11.4 Å². The molecule has 0 bridgehead atoms. The second-order valence-corrected chi connectivity index (χ2v) is 3.02. The van der Waals surface area contributed by atoms with Gasteiger partial charge in [-0.2, -0.15) is 0 Å². The Hall–Kier alpha value is -1.42. The number of aromatic amines is 1. The molecule has 0 saturated heterocycles. The molecule has 0 aromatic carbocycles. The van der Waals surface area contributed by atoms with Gasteiger partial charge in [-0.3, -0.25) is 0 Å². The zero-order valence-electron chi connectivity index (χ0n) is 7.37. The van der Waals surface area contributed by atoms with Gasteiger partial charge < -0.3 is 4.98 Å². The summed E-state index contributed by atoms with van der Waals surface area (Å²) in [6.07, 6.45) is 2.21. The summed E-state index contributed by atoms with van der Waals surface area (Å²) >= 11 is 0. The average molecular weight is 176 g/mol. The first-order valence-corrected chi connectivity index (χ1v) is 4.19. The van der Waals surface area contributed by atoms with Gasteiger partial charge >= 0.3 is 0 Å². The van der Waals surface area contributed by atoms with E-state index in [1.54, 1.807) is 6.20 Å². The van der Waals surface area contributed by atoms with Crippen molar-refractivity contribution in [3.8, 4) is 0 Å². The smallest absolute Gasteiger partial charge is 0.177 e. The summed E-state index contributed by atoms with van der Waals surface area (Å²) in [6.45, 7) is 1.83. The predicted octanol–water partition coefficient (Wildman–Crippen LogP) is 1.24. The molecule has 13 heavy (non-hydrogen) atoms. The van der Waals surface area contributed by atoms with Gasteiger partial charge in [0.05, 0.1) is 12.1 Å². The minimum Gasteiger partial charge on any atom is -0.341 e. The quantitative estimate of drug-likeness (QED) is 0.748. The van der Waals surface area contributed by atoms with Crippen molar-refractivity contribution in [1.29, 1.82) is 0 Å². The topological polar surface area (TPSA) is 61.5 Å². The molecule has 0 spiro atoms. The van der Waals surface area contributed by atoms with Crippen molar-refractivity contribution < 1.29 is 5.11 Å². The van der Waals surface area contributed by atoms with E-state index in [4.69, 9.17) is 0 Å². The molecular weight excluding hydrogens is 166 g/mol. The van der Waals surface area contributed by atoms with E-state index < -0.39 is 0 Å². The van der Waals surface area contributed by atoms with Gasteiger partial charge in [0, 0.05) is 12.6 Å². The Kier molecular flexibility index (Phi) is 1.98. The Morgan fingerprint density at radius 2 is 2.38 bits per heavy atom. The summed E-state index contributed by atoms with van der Waals surface area (Å²) in [7, 11) is 0. The van der Waals surface area contributed by atoms with Crippen LogP contribution in [0, 0.1) is 6.92 Å². The molecule has 0 atom stereocenters. The highest BCUT2D eigenvalue weighted by molar-refractivity contribution is 5.70. The lowest BCUT2D eigenvalue weighted by atomic mass is 10.3. The molecule has 2 rings (SSSR count). The van der Waals surface area contributed by atoms with Crippen molar-refractivity contribution in [2.75, 3.05) is 6.61 Å². The fourth-order valence-corrected chi connectivity index (χ4v) is 1.27. The number of H-pyrrole nitrogens is 1. The molecular formula is C9H10N3O. The van der Waals surface area contributed by atoms with Gasteiger partial charge in [0.1, 0.15) is 5.82 Å². The van der Waals surface area contributed by atoms with E-state index in [0.717, 1.165) is 16.9 Å². The lowest BCUT2D eigenvalue weighted by Crippen LogP contribution is -1.90. The third kappa shape index (κ3) is 1.53. The third-order valence-corrected chi connectivity index (χ3v) is 1.86. The van der Waals surface area contributed by atoms with Crippen LogP contribution in [0.2, 0.25) is 0 Å². The van der Waals surface area contributed by atoms with Gasteiger partial charge in [-0.25, -0.2) is 15.1 Å². The van der Waals surface area contributed by atoms with Crippen LogP contribution in [0.3, 0.4) is 0 Å². The molecule has 0 amide bonds. The number of nitrogens with zero attached hydrogens (tertiary/aromatic N) is 2. The van der Waals surface area contributed by atoms with Crippen molar-refractivity contribution in [1.82, 2.24) is 15.0 Å². The molecule has 2 aromatic rings. The van der Waals surface area contributed by atoms with Crippen LogP contribution in [-0.4, -0.2) is 21.6 Å². The third-order valence-electron chi connectivity index (χ3n) is 1.86. The Bertz CT molecular complexity index is 422. The van der Waals surface area contributed by atoms with Crippen LogP contribution in [-0.2, 0) is 11.5 Å². The number of rotatable bonds is 2. The normalized spacial score (nSPS) is 10.9. The number of pyridine rings is 1. The van der Waals surface area contributed by atoms with E-state index in [9.17, 15) is 5.11 Å². The number of nitrogens with one attached hydrogen (secondary N) is 1. The van der Waals surface area contributed by atoms with Gasteiger partial charge in [-0.15, -0.1) is 0 Å². The van der Waals surface area contributed by atoms with Crippen molar-refractivity contribution in [3.05, 3.63) is 23.7 Å². The maximum absolute atomic E-state index is 10.4. The molecule has 1 N–H and O–H groups in total. The van der Waals surface area contributed by atoms with Crippen LogP contribution < -0.4 is 0 Å². The summed E-state index contributed by atoms with van der Waals surface area (Å²) < 4.78 is 0. The fraction of sp³-hybridized carbons (Fsp3) is 0.333. The Balaban J connectivity index is 2.49. The Morgan fingerprint density at radius 3 is 3.15 bits per heavy atom. The van der Waals surface area contributed by atoms with Crippen molar-refractivity contribution in [3.63, 3.8) is 0 Å². The van der Waals surface area contributed by atoms with Gasteiger partial charge in [0.2, 0.25) is 0 Å². The molecule has 2 heterocycles. The van der Waals surface area contributed by atoms with Gasteiger partial charge in [0.25, 0.3) is 0 Å². The maximum Gasteiger partial charge on any atom is 0.177 e. The Morgan fingerprint density at radius 1 is 1.54 bits per heavy atom. The molecule has 4 nitrogen and oxygen atoms in total. The standard InChI is InChI=1S/C9H10N3O/c1-6-4-7-9(10-5-6)12-8(11-7)2-3-13/h4-5H,2-3H2,1H3,(H,10,11,12). The monoisotopic (exact) mass is 176 g/mol. The molecule has 0 fully saturated rings. The van der Waals surface area contributed by atoms with E-state index >= 15 is 0 Å². The first-order chi connectivity index (χ1) is 6.29. The predicted molar refractivity (Wildman–Crippen MR) is 47.9 cm³/mol. The van der Waals surface area contributed by atoms with Gasteiger partial charge in [-0.1, -0.05) is 0 Å². The SMILES string of the molecule is Cc1cnc2nc(CC[O])[nH]c2c1. The van der Waals surface area contributed by atoms with Crippen LogP contribution in [0.15, 0.2) is 12.3 Å². The summed E-state index contributed by atoms with van der Waals surface area (Å²) in [4.78, 5) is 11.4. The molecule has 0 aliphatic rings. The zero-order chi connectivity index (χ0) is 9.26. The highest BCUT2D eigenvalue weighted by atomic mass is 16.3. The Labute approximate surface area is 75.7 Å². The fourth-order valence-electron chi connectivity index (χ4n) is 1.27. The second-order valence-electron chi connectivity index (χ2n) is 3.02. The van der Waals surface area contributed by atoms with Gasteiger partial charge in [-0.05, 0) is 18.6 Å². The number of aryl methyl sites for hydroxylation is 1.